The molecule has 0 aliphatic carbocycles. The van der Waals surface area contributed by atoms with Crippen molar-refractivity contribution in [2.75, 3.05) is 32.8 Å². The molecule has 1 aliphatic rings. The maximum atomic E-state index is 12.3. The number of fused-ring (bicyclic) bond motifs is 1. The van der Waals surface area contributed by atoms with Crippen molar-refractivity contribution in [3.63, 3.8) is 0 Å². The molecule has 0 radical (unpaired) electrons. The number of aryl methyl sites for hydroxylation is 1. The van der Waals surface area contributed by atoms with E-state index in [1.165, 1.54) is 0 Å². The van der Waals surface area contributed by atoms with Crippen LogP contribution in [0.3, 0.4) is 0 Å². The predicted molar refractivity (Wildman–Crippen MR) is 70.5 cm³/mol. The van der Waals surface area contributed by atoms with Crippen LogP contribution in [0.25, 0.3) is 0 Å². The molecule has 0 unspecified atom stereocenters. The van der Waals surface area contributed by atoms with E-state index in [4.69, 9.17) is 10.5 Å². The maximum absolute atomic E-state index is 12.3. The molecule has 1 heterocycles. The molecule has 0 saturated carbocycles. The first-order chi connectivity index (χ1) is 8.83. The Morgan fingerprint density at radius 3 is 2.94 bits per heavy atom. The zero-order valence-corrected chi connectivity index (χ0v) is 10.6. The Hall–Kier alpha value is -1.39. The van der Waals surface area contributed by atoms with Crippen molar-refractivity contribution in [3.8, 4) is 0 Å². The number of benzene rings is 1. The van der Waals surface area contributed by atoms with Gasteiger partial charge in [-0.15, -0.1) is 0 Å². The van der Waals surface area contributed by atoms with Crippen molar-refractivity contribution in [1.82, 2.24) is 4.90 Å². The van der Waals surface area contributed by atoms with E-state index in [1.807, 2.05) is 29.2 Å². The Morgan fingerprint density at radius 1 is 1.28 bits per heavy atom. The van der Waals surface area contributed by atoms with Crippen molar-refractivity contribution >= 4 is 5.91 Å². The van der Waals surface area contributed by atoms with Crippen LogP contribution in [-0.2, 0) is 11.2 Å². The number of rotatable bonds is 5. The third-order valence-corrected chi connectivity index (χ3v) is 3.18. The lowest BCUT2D eigenvalue weighted by Gasteiger charge is -2.20. The first-order valence-corrected chi connectivity index (χ1v) is 6.48. The molecule has 0 bridgehead atoms. The first-order valence-electron chi connectivity index (χ1n) is 6.48. The monoisotopic (exact) mass is 248 g/mol. The summed E-state index contributed by atoms with van der Waals surface area (Å²) in [5, 5.41) is 0. The predicted octanol–water partition coefficient (Wildman–Crippen LogP) is 1.05. The molecule has 4 heteroatoms. The minimum absolute atomic E-state index is 0.124. The van der Waals surface area contributed by atoms with Crippen LogP contribution in [0, 0.1) is 0 Å². The lowest BCUT2D eigenvalue weighted by Crippen LogP contribution is -2.34. The van der Waals surface area contributed by atoms with E-state index in [0.717, 1.165) is 30.5 Å². The van der Waals surface area contributed by atoms with E-state index in [1.54, 1.807) is 0 Å². The summed E-state index contributed by atoms with van der Waals surface area (Å²) < 4.78 is 5.34. The van der Waals surface area contributed by atoms with Crippen molar-refractivity contribution in [1.29, 1.82) is 0 Å². The average molecular weight is 248 g/mol. The SMILES string of the molecule is NCCOCCN1CCCc2ccccc2C1=O. The number of hydrogen-bond donors (Lipinski definition) is 1. The summed E-state index contributed by atoms with van der Waals surface area (Å²) in [6, 6.07) is 7.87. The van der Waals surface area contributed by atoms with Crippen LogP contribution >= 0.6 is 0 Å². The van der Waals surface area contributed by atoms with Crippen LogP contribution in [0.15, 0.2) is 24.3 Å². The molecular formula is C14H20N2O2. The summed E-state index contributed by atoms with van der Waals surface area (Å²) in [5.74, 6) is 0.124. The highest BCUT2D eigenvalue weighted by Gasteiger charge is 2.21. The van der Waals surface area contributed by atoms with Gasteiger partial charge in [0.2, 0.25) is 0 Å². The van der Waals surface area contributed by atoms with Crippen LogP contribution in [0.4, 0.5) is 0 Å². The van der Waals surface area contributed by atoms with Crippen LogP contribution in [0.2, 0.25) is 0 Å². The van der Waals surface area contributed by atoms with E-state index < -0.39 is 0 Å². The zero-order valence-electron chi connectivity index (χ0n) is 10.6. The number of ether oxygens (including phenoxy) is 1. The molecule has 0 atom stereocenters. The molecule has 1 aromatic carbocycles. The van der Waals surface area contributed by atoms with Crippen molar-refractivity contribution in [2.45, 2.75) is 12.8 Å². The number of nitrogens with two attached hydrogens (primary N) is 1. The number of carbonyl (C=O) groups excluding carboxylic acids is 1. The third kappa shape index (κ3) is 3.09. The molecule has 1 amide bonds. The topological polar surface area (TPSA) is 55.6 Å². The highest BCUT2D eigenvalue weighted by Crippen LogP contribution is 2.18. The summed E-state index contributed by atoms with van der Waals surface area (Å²) in [7, 11) is 0. The zero-order chi connectivity index (χ0) is 12.8. The Bertz CT molecular complexity index is 407. The standard InChI is InChI=1S/C14H20N2O2/c15-7-10-18-11-9-16-8-3-5-12-4-1-2-6-13(12)14(16)17/h1-2,4,6H,3,5,7-11,15H2. The second kappa shape index (κ2) is 6.52. The Labute approximate surface area is 108 Å². The summed E-state index contributed by atoms with van der Waals surface area (Å²) in [5.41, 5.74) is 7.36. The quantitative estimate of drug-likeness (QED) is 0.792. The van der Waals surface area contributed by atoms with Crippen LogP contribution in [0.1, 0.15) is 22.3 Å². The molecule has 0 spiro atoms. The molecule has 18 heavy (non-hydrogen) atoms. The van der Waals surface area contributed by atoms with E-state index in [0.29, 0.717) is 26.3 Å². The Kier molecular flexibility index (Phi) is 4.73. The normalized spacial score (nSPS) is 15.4. The first kappa shape index (κ1) is 13.1. The van der Waals surface area contributed by atoms with Gasteiger partial charge < -0.3 is 15.4 Å². The average Bonchev–Trinajstić information content (AvgIpc) is 2.56. The highest BCUT2D eigenvalue weighted by molar-refractivity contribution is 5.96. The molecule has 0 aromatic heterocycles. The van der Waals surface area contributed by atoms with Gasteiger partial charge in [0, 0.05) is 25.2 Å². The van der Waals surface area contributed by atoms with E-state index in [2.05, 4.69) is 0 Å². The molecule has 0 fully saturated rings. The fourth-order valence-corrected chi connectivity index (χ4v) is 2.25. The lowest BCUT2D eigenvalue weighted by molar-refractivity contribution is 0.0657. The molecular weight excluding hydrogens is 228 g/mol. The summed E-state index contributed by atoms with van der Waals surface area (Å²) in [6.45, 7) is 3.09. The fraction of sp³-hybridized carbons (Fsp3) is 0.500. The Balaban J connectivity index is 1.99. The van der Waals surface area contributed by atoms with Crippen molar-refractivity contribution in [2.24, 2.45) is 5.73 Å². The molecule has 1 aromatic rings. The minimum Gasteiger partial charge on any atom is -0.378 e. The van der Waals surface area contributed by atoms with Crippen LogP contribution in [0.5, 0.6) is 0 Å². The smallest absolute Gasteiger partial charge is 0.254 e. The molecule has 2 rings (SSSR count). The largest absolute Gasteiger partial charge is 0.378 e. The molecule has 1 aliphatic heterocycles. The Morgan fingerprint density at radius 2 is 2.11 bits per heavy atom. The highest BCUT2D eigenvalue weighted by atomic mass is 16.5. The molecule has 0 saturated heterocycles. The molecule has 2 N–H and O–H groups in total. The van der Waals surface area contributed by atoms with Gasteiger partial charge >= 0.3 is 0 Å². The number of nitrogens with zero attached hydrogens (tertiary/aromatic N) is 1. The summed E-state index contributed by atoms with van der Waals surface area (Å²) in [6.07, 6.45) is 1.99. The second-order valence-electron chi connectivity index (χ2n) is 4.45. The minimum atomic E-state index is 0.124. The van der Waals surface area contributed by atoms with Gasteiger partial charge in [-0.05, 0) is 24.5 Å². The fourth-order valence-electron chi connectivity index (χ4n) is 2.25. The van der Waals surface area contributed by atoms with Crippen molar-refractivity contribution < 1.29 is 9.53 Å². The van der Waals surface area contributed by atoms with Gasteiger partial charge in [0.15, 0.2) is 0 Å². The van der Waals surface area contributed by atoms with E-state index in [9.17, 15) is 4.79 Å². The maximum Gasteiger partial charge on any atom is 0.254 e. The van der Waals surface area contributed by atoms with E-state index >= 15 is 0 Å². The number of carbonyl (C=O) groups is 1. The third-order valence-electron chi connectivity index (χ3n) is 3.18. The van der Waals surface area contributed by atoms with E-state index in [-0.39, 0.29) is 5.91 Å². The van der Waals surface area contributed by atoms with Gasteiger partial charge in [0.1, 0.15) is 0 Å². The lowest BCUT2D eigenvalue weighted by atomic mass is 10.0. The summed E-state index contributed by atoms with van der Waals surface area (Å²) >= 11 is 0. The van der Waals surface area contributed by atoms with Crippen LogP contribution < -0.4 is 5.73 Å². The number of amides is 1. The van der Waals surface area contributed by atoms with Gasteiger partial charge in [-0.25, -0.2) is 0 Å². The van der Waals surface area contributed by atoms with Crippen LogP contribution in [-0.4, -0.2) is 43.7 Å². The number of hydrogen-bond acceptors (Lipinski definition) is 3. The van der Waals surface area contributed by atoms with Gasteiger partial charge in [-0.2, -0.15) is 0 Å². The van der Waals surface area contributed by atoms with Gasteiger partial charge in [0.25, 0.3) is 5.91 Å². The van der Waals surface area contributed by atoms with Gasteiger partial charge in [-0.1, -0.05) is 18.2 Å². The van der Waals surface area contributed by atoms with Gasteiger partial charge in [0.05, 0.1) is 13.2 Å². The van der Waals surface area contributed by atoms with Crippen molar-refractivity contribution in [3.05, 3.63) is 35.4 Å². The molecule has 4 nitrogen and oxygen atoms in total. The summed E-state index contributed by atoms with van der Waals surface area (Å²) in [4.78, 5) is 14.2. The molecule has 98 valence electrons. The van der Waals surface area contributed by atoms with Gasteiger partial charge in [-0.3, -0.25) is 4.79 Å². The second-order valence-corrected chi connectivity index (χ2v) is 4.45.